The topological polar surface area (TPSA) is 44.5 Å². The molecule has 0 radical (unpaired) electrons. The summed E-state index contributed by atoms with van der Waals surface area (Å²) in [5.74, 6) is 2.80. The van der Waals surface area contributed by atoms with Crippen LogP contribution in [0.5, 0.6) is 0 Å². The Balaban J connectivity index is 1.39. The van der Waals surface area contributed by atoms with Gasteiger partial charge in [-0.3, -0.25) is 4.98 Å². The normalized spacial score (nSPS) is 23.0. The zero-order valence-corrected chi connectivity index (χ0v) is 25.1. The lowest BCUT2D eigenvalue weighted by Crippen LogP contribution is -2.38. The fourth-order valence-electron chi connectivity index (χ4n) is 6.20. The van der Waals surface area contributed by atoms with Gasteiger partial charge in [0, 0.05) is 35.6 Å². The Morgan fingerprint density at radius 2 is 1.77 bits per heavy atom. The van der Waals surface area contributed by atoms with Gasteiger partial charge < -0.3 is 19.5 Å². The van der Waals surface area contributed by atoms with Gasteiger partial charge in [0.25, 0.3) is 0 Å². The number of rotatable bonds is 5. The Kier molecular flexibility index (Phi) is 7.51. The Morgan fingerprint density at radius 3 is 2.50 bits per heavy atom. The van der Waals surface area contributed by atoms with Crippen LogP contribution in [0.4, 0.5) is 11.4 Å². The average molecular weight is 592 g/mol. The lowest BCUT2D eigenvalue weighted by atomic mass is 9.91. The van der Waals surface area contributed by atoms with Gasteiger partial charge in [-0.2, -0.15) is 0 Å². The van der Waals surface area contributed by atoms with E-state index in [4.69, 9.17) is 39.8 Å². The van der Waals surface area contributed by atoms with Crippen molar-refractivity contribution in [2.45, 2.75) is 39.3 Å². The van der Waals surface area contributed by atoms with Crippen molar-refractivity contribution < 1.29 is 4.42 Å². The van der Waals surface area contributed by atoms with Crippen molar-refractivity contribution in [3.8, 4) is 11.3 Å². The number of hydrogen-bond donors (Lipinski definition) is 1. The van der Waals surface area contributed by atoms with Crippen molar-refractivity contribution in [2.75, 3.05) is 22.9 Å². The summed E-state index contributed by atoms with van der Waals surface area (Å²) in [4.78, 5) is 9.16. The fourth-order valence-corrected chi connectivity index (χ4v) is 7.01. The maximum Gasteiger partial charge on any atom is 0.174 e. The van der Waals surface area contributed by atoms with E-state index in [2.05, 4.69) is 53.0 Å². The number of aromatic nitrogens is 1. The van der Waals surface area contributed by atoms with Gasteiger partial charge in [-0.05, 0) is 97.6 Å². The number of hydrogen-bond acceptors (Lipinski definition) is 4. The maximum atomic E-state index is 6.97. The molecule has 2 fully saturated rings. The predicted octanol–water partition coefficient (Wildman–Crippen LogP) is 8.62. The molecule has 0 aliphatic carbocycles. The highest BCUT2D eigenvalue weighted by Crippen LogP contribution is 2.45. The van der Waals surface area contributed by atoms with Crippen molar-refractivity contribution in [1.29, 1.82) is 0 Å². The lowest BCUT2D eigenvalue weighted by Gasteiger charge is -2.37. The van der Waals surface area contributed by atoms with Crippen LogP contribution in [0.2, 0.25) is 10.0 Å². The molecule has 0 bridgehead atoms. The first-order valence-electron chi connectivity index (χ1n) is 13.7. The van der Waals surface area contributed by atoms with E-state index >= 15 is 0 Å². The number of benzene rings is 2. The Hall–Kier alpha value is -3.06. The van der Waals surface area contributed by atoms with Gasteiger partial charge in [0.1, 0.15) is 17.6 Å². The molecule has 4 atom stereocenters. The number of pyridine rings is 1. The summed E-state index contributed by atoms with van der Waals surface area (Å²) < 4.78 is 6.55. The van der Waals surface area contributed by atoms with Crippen LogP contribution in [0.1, 0.15) is 49.4 Å². The molecule has 2 aliphatic rings. The molecule has 2 aromatic heterocycles. The van der Waals surface area contributed by atoms with Crippen molar-refractivity contribution in [1.82, 2.24) is 10.3 Å². The van der Waals surface area contributed by atoms with E-state index < -0.39 is 0 Å². The largest absolute Gasteiger partial charge is 0.459 e. The average Bonchev–Trinajstić information content (AvgIpc) is 3.54. The number of piperidine rings is 1. The van der Waals surface area contributed by atoms with Crippen LogP contribution in [-0.4, -0.2) is 23.2 Å². The van der Waals surface area contributed by atoms with Gasteiger partial charge in [0.05, 0.1) is 22.4 Å². The van der Waals surface area contributed by atoms with Gasteiger partial charge in [-0.15, -0.1) is 0 Å². The van der Waals surface area contributed by atoms with Gasteiger partial charge in [-0.25, -0.2) is 0 Å². The molecule has 40 heavy (non-hydrogen) atoms. The number of aryl methyl sites for hydroxylation is 1. The van der Waals surface area contributed by atoms with Gasteiger partial charge in [0.15, 0.2) is 5.11 Å². The van der Waals surface area contributed by atoms with Crippen LogP contribution in [-0.2, 0) is 0 Å². The molecule has 0 saturated carbocycles. The number of thiocarbonyl (C=S) groups is 1. The zero-order chi connectivity index (χ0) is 28.0. The van der Waals surface area contributed by atoms with Crippen LogP contribution in [0.15, 0.2) is 77.3 Å². The van der Waals surface area contributed by atoms with E-state index in [1.807, 2.05) is 54.6 Å². The smallest absolute Gasteiger partial charge is 0.174 e. The molecular weight excluding hydrogens is 559 g/mol. The molecule has 5 nitrogen and oxygen atoms in total. The molecule has 4 heterocycles. The summed E-state index contributed by atoms with van der Waals surface area (Å²) in [6.45, 7) is 8.69. The standard InChI is InChI=1S/C32H32Cl2N4OS/c1-19-14-20(2)18-37(17-19)27-10-9-23(16-25(27)34)38-31(30(36-32(38)40)26-6-4-5-13-35-26)29-12-11-28(39-29)24-15-22(33)8-7-21(24)3/h4-13,15-16,19-20,30-31H,14,17-18H2,1-3H3,(H,36,40). The summed E-state index contributed by atoms with van der Waals surface area (Å²) >= 11 is 19.2. The van der Waals surface area contributed by atoms with Gasteiger partial charge >= 0.3 is 0 Å². The summed E-state index contributed by atoms with van der Waals surface area (Å²) in [7, 11) is 0. The molecule has 2 aliphatic heterocycles. The molecule has 0 spiro atoms. The van der Waals surface area contributed by atoms with E-state index in [1.54, 1.807) is 6.20 Å². The minimum absolute atomic E-state index is 0.213. The molecule has 8 heteroatoms. The molecule has 2 aromatic carbocycles. The molecule has 4 unspecified atom stereocenters. The van der Waals surface area contributed by atoms with Crippen LogP contribution >= 0.6 is 35.4 Å². The van der Waals surface area contributed by atoms with E-state index in [0.717, 1.165) is 57.8 Å². The van der Waals surface area contributed by atoms with E-state index in [9.17, 15) is 0 Å². The molecular formula is C32H32Cl2N4OS. The molecule has 0 amide bonds. The number of nitrogens with zero attached hydrogens (tertiary/aromatic N) is 3. The second-order valence-corrected chi connectivity index (χ2v) is 12.4. The lowest BCUT2D eigenvalue weighted by molar-refractivity contribution is 0.357. The van der Waals surface area contributed by atoms with E-state index in [1.165, 1.54) is 6.42 Å². The third-order valence-electron chi connectivity index (χ3n) is 7.90. The Bertz CT molecular complexity index is 1530. The van der Waals surface area contributed by atoms with Crippen LogP contribution in [0, 0.1) is 18.8 Å². The highest BCUT2D eigenvalue weighted by atomic mass is 35.5. The molecule has 6 rings (SSSR count). The van der Waals surface area contributed by atoms with Crippen molar-refractivity contribution >= 4 is 51.9 Å². The highest BCUT2D eigenvalue weighted by molar-refractivity contribution is 7.80. The van der Waals surface area contributed by atoms with Gasteiger partial charge in [0.2, 0.25) is 0 Å². The summed E-state index contributed by atoms with van der Waals surface area (Å²) in [6.07, 6.45) is 3.05. The highest BCUT2D eigenvalue weighted by Gasteiger charge is 2.43. The summed E-state index contributed by atoms with van der Waals surface area (Å²) in [6, 6.07) is 21.5. The maximum absolute atomic E-state index is 6.97. The molecule has 1 N–H and O–H groups in total. The number of halogens is 2. The SMILES string of the molecule is Cc1ccc(Cl)cc1-c1ccc(C2C(c3ccccn3)NC(=S)N2c2ccc(N3CC(C)CC(C)C3)c(Cl)c2)o1. The third kappa shape index (κ3) is 5.20. The minimum Gasteiger partial charge on any atom is -0.459 e. The number of anilines is 2. The van der Waals surface area contributed by atoms with Crippen molar-refractivity contribution in [3.63, 3.8) is 0 Å². The van der Waals surface area contributed by atoms with E-state index in [0.29, 0.717) is 22.0 Å². The Morgan fingerprint density at radius 1 is 0.975 bits per heavy atom. The molecule has 4 aromatic rings. The first-order chi connectivity index (χ1) is 19.3. The predicted molar refractivity (Wildman–Crippen MR) is 168 cm³/mol. The van der Waals surface area contributed by atoms with Crippen LogP contribution < -0.4 is 15.1 Å². The summed E-state index contributed by atoms with van der Waals surface area (Å²) in [5.41, 5.74) is 4.91. The first-order valence-corrected chi connectivity index (χ1v) is 14.9. The van der Waals surface area contributed by atoms with Crippen LogP contribution in [0.3, 0.4) is 0 Å². The third-order valence-corrected chi connectivity index (χ3v) is 8.75. The van der Waals surface area contributed by atoms with Gasteiger partial charge in [-0.1, -0.05) is 49.2 Å². The second-order valence-electron chi connectivity index (χ2n) is 11.1. The number of furan rings is 1. The second kappa shape index (κ2) is 11.1. The van der Waals surface area contributed by atoms with Crippen molar-refractivity contribution in [2.24, 2.45) is 11.8 Å². The fraction of sp³-hybridized carbons (Fsp3) is 0.312. The van der Waals surface area contributed by atoms with E-state index in [-0.39, 0.29) is 12.1 Å². The number of nitrogens with one attached hydrogen (secondary N) is 1. The van der Waals surface area contributed by atoms with Crippen LogP contribution in [0.25, 0.3) is 11.3 Å². The molecule has 206 valence electrons. The quantitative estimate of drug-likeness (QED) is 0.235. The van der Waals surface area contributed by atoms with Crippen molar-refractivity contribution in [3.05, 3.63) is 100.0 Å². The monoisotopic (exact) mass is 590 g/mol. The zero-order valence-electron chi connectivity index (χ0n) is 22.8. The minimum atomic E-state index is -0.271. The molecule has 2 saturated heterocycles. The summed E-state index contributed by atoms with van der Waals surface area (Å²) in [5, 5.41) is 5.49. The first kappa shape index (κ1) is 27.1. The Labute approximate surface area is 251 Å².